The fourth-order valence-electron chi connectivity index (χ4n) is 1.98. The monoisotopic (exact) mass is 230 g/mol. The molecular weight excluding hydrogens is 208 g/mol. The summed E-state index contributed by atoms with van der Waals surface area (Å²) in [5.41, 5.74) is 0. The number of ether oxygens (including phenoxy) is 3. The highest BCUT2D eigenvalue weighted by Gasteiger charge is 2.43. The lowest BCUT2D eigenvalue weighted by atomic mass is 10.1. The summed E-state index contributed by atoms with van der Waals surface area (Å²) in [6, 6.07) is 0. The molecule has 1 aliphatic heterocycles. The molecule has 3 atom stereocenters. The molecule has 1 aliphatic rings. The minimum absolute atomic E-state index is 0.0513. The zero-order valence-corrected chi connectivity index (χ0v) is 10.8. The molecular formula is C12H22O4. The third kappa shape index (κ3) is 3.19. The van der Waals surface area contributed by atoms with E-state index < -0.39 is 5.79 Å². The molecule has 1 fully saturated rings. The Morgan fingerprint density at radius 2 is 2.00 bits per heavy atom. The fraction of sp³-hybridized carbons (Fsp3) is 0.917. The van der Waals surface area contributed by atoms with Gasteiger partial charge in [-0.15, -0.1) is 0 Å². The van der Waals surface area contributed by atoms with Crippen LogP contribution >= 0.6 is 0 Å². The molecule has 0 amide bonds. The molecule has 1 heterocycles. The predicted octanol–water partition coefficient (Wildman–Crippen LogP) is 2.26. The summed E-state index contributed by atoms with van der Waals surface area (Å²) in [4.78, 5) is 11.3. The molecule has 94 valence electrons. The summed E-state index contributed by atoms with van der Waals surface area (Å²) in [7, 11) is 0. The van der Waals surface area contributed by atoms with Gasteiger partial charge >= 0.3 is 5.97 Å². The standard InChI is InChI=1S/C12H22O4/c1-6-9(14-10(13)7-2)11-8(3)15-12(4,5)16-11/h8-9,11H,6-7H2,1-5H3. The van der Waals surface area contributed by atoms with E-state index in [4.69, 9.17) is 14.2 Å². The van der Waals surface area contributed by atoms with Gasteiger partial charge in [0.25, 0.3) is 0 Å². The second-order valence-corrected chi connectivity index (χ2v) is 4.60. The number of esters is 1. The van der Waals surface area contributed by atoms with Crippen molar-refractivity contribution in [2.24, 2.45) is 0 Å². The van der Waals surface area contributed by atoms with Crippen LogP contribution in [0.4, 0.5) is 0 Å². The molecule has 4 heteroatoms. The number of hydrogen-bond donors (Lipinski definition) is 0. The van der Waals surface area contributed by atoms with Crippen molar-refractivity contribution in [3.63, 3.8) is 0 Å². The Balaban J connectivity index is 2.63. The van der Waals surface area contributed by atoms with Gasteiger partial charge in [-0.1, -0.05) is 13.8 Å². The lowest BCUT2D eigenvalue weighted by Crippen LogP contribution is -2.37. The van der Waals surface area contributed by atoms with Gasteiger partial charge in [-0.3, -0.25) is 4.79 Å². The highest BCUT2D eigenvalue weighted by molar-refractivity contribution is 5.69. The van der Waals surface area contributed by atoms with Gasteiger partial charge in [-0.05, 0) is 27.2 Å². The summed E-state index contributed by atoms with van der Waals surface area (Å²) in [5, 5.41) is 0. The first-order valence-electron chi connectivity index (χ1n) is 5.94. The molecule has 0 aromatic heterocycles. The highest BCUT2D eigenvalue weighted by Crippen LogP contribution is 2.31. The average molecular weight is 230 g/mol. The third-order valence-electron chi connectivity index (χ3n) is 2.69. The highest BCUT2D eigenvalue weighted by atomic mass is 16.8. The average Bonchev–Trinajstić information content (AvgIpc) is 2.48. The van der Waals surface area contributed by atoms with E-state index in [0.717, 1.165) is 6.42 Å². The van der Waals surface area contributed by atoms with Gasteiger partial charge in [0.15, 0.2) is 5.79 Å². The van der Waals surface area contributed by atoms with E-state index in [9.17, 15) is 4.79 Å². The molecule has 0 radical (unpaired) electrons. The first-order chi connectivity index (χ1) is 7.39. The van der Waals surface area contributed by atoms with Gasteiger partial charge in [0.1, 0.15) is 12.2 Å². The van der Waals surface area contributed by atoms with Crippen molar-refractivity contribution in [3.8, 4) is 0 Å². The van der Waals surface area contributed by atoms with Crippen molar-refractivity contribution in [2.75, 3.05) is 0 Å². The van der Waals surface area contributed by atoms with Crippen LogP contribution in [0.3, 0.4) is 0 Å². The van der Waals surface area contributed by atoms with Gasteiger partial charge in [-0.2, -0.15) is 0 Å². The van der Waals surface area contributed by atoms with Crippen molar-refractivity contribution in [1.82, 2.24) is 0 Å². The van der Waals surface area contributed by atoms with E-state index >= 15 is 0 Å². The van der Waals surface area contributed by atoms with Gasteiger partial charge in [-0.25, -0.2) is 0 Å². The lowest BCUT2D eigenvalue weighted by molar-refractivity contribution is -0.171. The van der Waals surface area contributed by atoms with Crippen LogP contribution in [0.1, 0.15) is 47.5 Å². The maximum Gasteiger partial charge on any atom is 0.305 e. The zero-order valence-electron chi connectivity index (χ0n) is 10.8. The smallest absolute Gasteiger partial charge is 0.305 e. The molecule has 16 heavy (non-hydrogen) atoms. The Hall–Kier alpha value is -0.610. The Labute approximate surface area is 97.2 Å². The largest absolute Gasteiger partial charge is 0.459 e. The van der Waals surface area contributed by atoms with Crippen LogP contribution in [-0.2, 0) is 19.0 Å². The van der Waals surface area contributed by atoms with E-state index in [0.29, 0.717) is 6.42 Å². The summed E-state index contributed by atoms with van der Waals surface area (Å²) >= 11 is 0. The number of hydrogen-bond acceptors (Lipinski definition) is 4. The molecule has 0 aliphatic carbocycles. The molecule has 3 unspecified atom stereocenters. The lowest BCUT2D eigenvalue weighted by Gasteiger charge is -2.24. The topological polar surface area (TPSA) is 44.8 Å². The van der Waals surface area contributed by atoms with Crippen molar-refractivity contribution in [2.45, 2.75) is 71.6 Å². The maximum absolute atomic E-state index is 11.3. The van der Waals surface area contributed by atoms with E-state index in [-0.39, 0.29) is 24.3 Å². The minimum Gasteiger partial charge on any atom is -0.459 e. The summed E-state index contributed by atoms with van der Waals surface area (Å²) in [6.07, 6.45) is 0.687. The van der Waals surface area contributed by atoms with Crippen molar-refractivity contribution < 1.29 is 19.0 Å². The van der Waals surface area contributed by atoms with E-state index in [2.05, 4.69) is 0 Å². The van der Waals surface area contributed by atoms with Crippen molar-refractivity contribution in [1.29, 1.82) is 0 Å². The molecule has 1 saturated heterocycles. The molecule has 0 bridgehead atoms. The van der Waals surface area contributed by atoms with Crippen LogP contribution in [-0.4, -0.2) is 30.1 Å². The quantitative estimate of drug-likeness (QED) is 0.695. The Morgan fingerprint density at radius 3 is 2.38 bits per heavy atom. The second-order valence-electron chi connectivity index (χ2n) is 4.60. The summed E-state index contributed by atoms with van der Waals surface area (Å²) in [5.74, 6) is -0.775. The van der Waals surface area contributed by atoms with Crippen LogP contribution in [0.5, 0.6) is 0 Å². The molecule has 4 nitrogen and oxygen atoms in total. The van der Waals surface area contributed by atoms with Crippen LogP contribution in [0.2, 0.25) is 0 Å². The van der Waals surface area contributed by atoms with Gasteiger partial charge in [0.2, 0.25) is 0 Å². The Morgan fingerprint density at radius 1 is 1.38 bits per heavy atom. The van der Waals surface area contributed by atoms with Crippen LogP contribution in [0, 0.1) is 0 Å². The van der Waals surface area contributed by atoms with Crippen LogP contribution in [0.25, 0.3) is 0 Å². The Bertz CT molecular complexity index is 249. The molecule has 0 N–H and O–H groups in total. The first-order valence-corrected chi connectivity index (χ1v) is 5.94. The molecule has 0 aromatic rings. The van der Waals surface area contributed by atoms with Gasteiger partial charge in [0, 0.05) is 6.42 Å². The van der Waals surface area contributed by atoms with E-state index in [1.165, 1.54) is 0 Å². The van der Waals surface area contributed by atoms with E-state index in [1.807, 2.05) is 27.7 Å². The number of carbonyl (C=O) groups is 1. The van der Waals surface area contributed by atoms with Gasteiger partial charge < -0.3 is 14.2 Å². The Kier molecular flexibility index (Phi) is 4.33. The van der Waals surface area contributed by atoms with Crippen molar-refractivity contribution >= 4 is 5.97 Å². The van der Waals surface area contributed by atoms with Crippen LogP contribution < -0.4 is 0 Å². The zero-order chi connectivity index (χ0) is 12.3. The SMILES string of the molecule is CCC(=O)OC(CC)C1OC(C)(C)OC1C. The molecule has 0 spiro atoms. The third-order valence-corrected chi connectivity index (χ3v) is 2.69. The summed E-state index contributed by atoms with van der Waals surface area (Å²) in [6.45, 7) is 9.46. The number of carbonyl (C=O) groups excluding carboxylic acids is 1. The first kappa shape index (κ1) is 13.5. The van der Waals surface area contributed by atoms with Gasteiger partial charge in [0.05, 0.1) is 6.10 Å². The minimum atomic E-state index is -0.587. The normalized spacial score (nSPS) is 30.1. The van der Waals surface area contributed by atoms with E-state index in [1.54, 1.807) is 6.92 Å². The second kappa shape index (κ2) is 5.15. The van der Waals surface area contributed by atoms with Crippen molar-refractivity contribution in [3.05, 3.63) is 0 Å². The molecule has 0 aromatic carbocycles. The maximum atomic E-state index is 11.3. The molecule has 1 rings (SSSR count). The summed E-state index contributed by atoms with van der Waals surface area (Å²) < 4.78 is 16.8. The predicted molar refractivity (Wildman–Crippen MR) is 60.0 cm³/mol. The fourth-order valence-corrected chi connectivity index (χ4v) is 1.98. The number of rotatable bonds is 4. The molecule has 0 saturated carbocycles. The van der Waals surface area contributed by atoms with Crippen LogP contribution in [0.15, 0.2) is 0 Å².